The van der Waals surface area contributed by atoms with Gasteiger partial charge in [0.25, 0.3) is 11.5 Å². The first-order valence-electron chi connectivity index (χ1n) is 8.36. The van der Waals surface area contributed by atoms with E-state index >= 15 is 0 Å². The number of nitrogens with one attached hydrogen (secondary N) is 2. The molecule has 0 fully saturated rings. The molecular formula is C19H16N6O2. The number of fused-ring (bicyclic) bond motifs is 1. The highest BCUT2D eigenvalue weighted by atomic mass is 16.2. The lowest BCUT2D eigenvalue weighted by Gasteiger charge is -2.08. The molecule has 2 aromatic heterocycles. The van der Waals surface area contributed by atoms with Crippen molar-refractivity contribution in [3.63, 3.8) is 0 Å². The summed E-state index contributed by atoms with van der Waals surface area (Å²) in [6, 6.07) is 14.8. The van der Waals surface area contributed by atoms with Gasteiger partial charge < -0.3 is 5.32 Å². The van der Waals surface area contributed by atoms with Crippen LogP contribution in [0, 0.1) is 0 Å². The molecule has 134 valence electrons. The molecule has 2 N–H and O–H groups in total. The van der Waals surface area contributed by atoms with Crippen molar-refractivity contribution in [3.8, 4) is 0 Å². The van der Waals surface area contributed by atoms with Gasteiger partial charge in [-0.3, -0.25) is 9.59 Å². The third-order valence-electron chi connectivity index (χ3n) is 4.20. The van der Waals surface area contributed by atoms with E-state index in [2.05, 4.69) is 25.6 Å². The van der Waals surface area contributed by atoms with Gasteiger partial charge in [-0.1, -0.05) is 42.5 Å². The maximum Gasteiger partial charge on any atom is 0.272 e. The van der Waals surface area contributed by atoms with Crippen LogP contribution in [0.5, 0.6) is 0 Å². The summed E-state index contributed by atoms with van der Waals surface area (Å²) in [4.78, 5) is 28.2. The van der Waals surface area contributed by atoms with E-state index < -0.39 is 0 Å². The van der Waals surface area contributed by atoms with Crippen LogP contribution < -0.4 is 10.9 Å². The Morgan fingerprint density at radius 2 is 1.78 bits per heavy atom. The van der Waals surface area contributed by atoms with Gasteiger partial charge in [0.1, 0.15) is 12.7 Å². The number of carbonyl (C=O) groups excluding carboxylic acids is 1. The van der Waals surface area contributed by atoms with E-state index in [1.54, 1.807) is 35.3 Å². The predicted molar refractivity (Wildman–Crippen MR) is 99.1 cm³/mol. The normalized spacial score (nSPS) is 10.8. The fraction of sp³-hybridized carbons (Fsp3) is 0.105. The number of aromatic amines is 1. The Bertz CT molecular complexity index is 1130. The lowest BCUT2D eigenvalue weighted by molar-refractivity contribution is 0.0946. The summed E-state index contributed by atoms with van der Waals surface area (Å²) in [6.07, 6.45) is 3.16. The van der Waals surface area contributed by atoms with Crippen LogP contribution in [0.25, 0.3) is 10.8 Å². The highest BCUT2D eigenvalue weighted by molar-refractivity contribution is 6.04. The summed E-state index contributed by atoms with van der Waals surface area (Å²) in [7, 11) is 0. The number of aromatic nitrogens is 5. The summed E-state index contributed by atoms with van der Waals surface area (Å²) in [5.41, 5.74) is 1.93. The van der Waals surface area contributed by atoms with Gasteiger partial charge in [0.15, 0.2) is 5.69 Å². The van der Waals surface area contributed by atoms with E-state index in [4.69, 9.17) is 0 Å². The Kier molecular flexibility index (Phi) is 4.44. The number of amides is 1. The number of hydrogen-bond acceptors (Lipinski definition) is 5. The number of rotatable bonds is 5. The van der Waals surface area contributed by atoms with E-state index in [9.17, 15) is 9.59 Å². The quantitative estimate of drug-likeness (QED) is 0.561. The molecule has 0 radical (unpaired) electrons. The second-order valence-corrected chi connectivity index (χ2v) is 6.04. The van der Waals surface area contributed by atoms with Crippen LogP contribution in [0.3, 0.4) is 0 Å². The predicted octanol–water partition coefficient (Wildman–Crippen LogP) is 1.49. The van der Waals surface area contributed by atoms with Crippen molar-refractivity contribution in [1.82, 2.24) is 30.3 Å². The maximum atomic E-state index is 12.5. The number of hydrogen-bond donors (Lipinski definition) is 2. The molecule has 27 heavy (non-hydrogen) atoms. The molecule has 2 aromatic carbocycles. The lowest BCUT2D eigenvalue weighted by atomic mass is 10.1. The molecule has 4 aromatic rings. The summed E-state index contributed by atoms with van der Waals surface area (Å²) in [5, 5.41) is 14.2. The Morgan fingerprint density at radius 1 is 1.04 bits per heavy atom. The average molecular weight is 360 g/mol. The second kappa shape index (κ2) is 7.20. The molecule has 0 saturated heterocycles. The largest absolute Gasteiger partial charge is 0.347 e. The summed E-state index contributed by atoms with van der Waals surface area (Å²) in [5.74, 6) is -0.339. The van der Waals surface area contributed by atoms with Gasteiger partial charge in [0.05, 0.1) is 11.9 Å². The molecule has 8 heteroatoms. The molecule has 0 aliphatic carbocycles. The third-order valence-corrected chi connectivity index (χ3v) is 4.20. The molecule has 1 amide bonds. The van der Waals surface area contributed by atoms with Crippen molar-refractivity contribution >= 4 is 16.7 Å². The monoisotopic (exact) mass is 360 g/mol. The van der Waals surface area contributed by atoms with Gasteiger partial charge in [-0.2, -0.15) is 10.2 Å². The minimum absolute atomic E-state index is 0.202. The first-order chi connectivity index (χ1) is 13.2. The summed E-state index contributed by atoms with van der Waals surface area (Å²) in [6.45, 7) is 0.998. The fourth-order valence-electron chi connectivity index (χ4n) is 2.82. The van der Waals surface area contributed by atoms with E-state index in [-0.39, 0.29) is 17.2 Å². The van der Waals surface area contributed by atoms with Crippen molar-refractivity contribution in [2.45, 2.75) is 13.1 Å². The average Bonchev–Trinajstić information content (AvgIpc) is 3.21. The Labute approximate surface area is 153 Å². The highest BCUT2D eigenvalue weighted by Gasteiger charge is 2.13. The Hall–Kier alpha value is -3.81. The third kappa shape index (κ3) is 3.59. The molecule has 0 aliphatic heterocycles. The zero-order valence-corrected chi connectivity index (χ0v) is 14.3. The molecule has 4 rings (SSSR count). The maximum absolute atomic E-state index is 12.5. The Morgan fingerprint density at radius 3 is 2.52 bits per heavy atom. The van der Waals surface area contributed by atoms with Crippen LogP contribution in [0.4, 0.5) is 0 Å². The molecule has 0 unspecified atom stereocenters. The molecular weight excluding hydrogens is 344 g/mol. The van der Waals surface area contributed by atoms with Gasteiger partial charge >= 0.3 is 0 Å². The Balaban J connectivity index is 1.45. The summed E-state index contributed by atoms with van der Waals surface area (Å²) < 4.78 is 1.74. The first-order valence-corrected chi connectivity index (χ1v) is 8.36. The van der Waals surface area contributed by atoms with Crippen LogP contribution in [-0.2, 0) is 13.1 Å². The molecule has 0 aliphatic rings. The zero-order chi connectivity index (χ0) is 18.6. The highest BCUT2D eigenvalue weighted by Crippen LogP contribution is 2.12. The van der Waals surface area contributed by atoms with E-state index in [0.29, 0.717) is 23.9 Å². The van der Waals surface area contributed by atoms with Gasteiger partial charge in [0, 0.05) is 11.9 Å². The summed E-state index contributed by atoms with van der Waals surface area (Å²) >= 11 is 0. The standard InChI is InChI=1S/C19H16N6O2/c26-18-16-4-2-1-3-15(16)17(23-24-18)19(27)21-9-13-5-7-14(8-6-13)10-25-12-20-11-22-25/h1-8,11-12H,9-10H2,(H,21,27)(H,24,26). The zero-order valence-electron chi connectivity index (χ0n) is 14.3. The van der Waals surface area contributed by atoms with E-state index in [1.165, 1.54) is 6.33 Å². The lowest BCUT2D eigenvalue weighted by Crippen LogP contribution is -2.26. The van der Waals surface area contributed by atoms with Crippen molar-refractivity contribution in [1.29, 1.82) is 0 Å². The topological polar surface area (TPSA) is 106 Å². The van der Waals surface area contributed by atoms with Crippen molar-refractivity contribution in [2.75, 3.05) is 0 Å². The first kappa shape index (κ1) is 16.6. The van der Waals surface area contributed by atoms with Crippen molar-refractivity contribution < 1.29 is 4.79 Å². The molecule has 0 saturated carbocycles. The molecule has 0 spiro atoms. The minimum atomic E-state index is -0.339. The molecule has 0 bridgehead atoms. The van der Waals surface area contributed by atoms with Crippen LogP contribution in [0.2, 0.25) is 0 Å². The second-order valence-electron chi connectivity index (χ2n) is 6.04. The van der Waals surface area contributed by atoms with E-state index in [1.807, 2.05) is 24.3 Å². The minimum Gasteiger partial charge on any atom is -0.347 e. The van der Waals surface area contributed by atoms with E-state index in [0.717, 1.165) is 11.1 Å². The number of benzene rings is 2. The SMILES string of the molecule is O=C(NCc1ccc(Cn2cncn2)cc1)c1n[nH]c(=O)c2ccccc12. The molecule has 8 nitrogen and oxygen atoms in total. The molecule has 0 atom stereocenters. The van der Waals surface area contributed by atoms with Crippen LogP contribution in [0.15, 0.2) is 66.0 Å². The van der Waals surface area contributed by atoms with Gasteiger partial charge in [-0.15, -0.1) is 0 Å². The fourth-order valence-corrected chi connectivity index (χ4v) is 2.82. The van der Waals surface area contributed by atoms with Gasteiger partial charge in [-0.05, 0) is 17.2 Å². The number of nitrogens with zero attached hydrogens (tertiary/aromatic N) is 4. The van der Waals surface area contributed by atoms with Crippen LogP contribution in [-0.4, -0.2) is 30.9 Å². The number of carbonyl (C=O) groups is 1. The number of H-pyrrole nitrogens is 1. The van der Waals surface area contributed by atoms with Gasteiger partial charge in [0.2, 0.25) is 0 Å². The molecule has 2 heterocycles. The smallest absolute Gasteiger partial charge is 0.272 e. The van der Waals surface area contributed by atoms with Crippen molar-refractivity contribution in [3.05, 3.63) is 88.4 Å². The van der Waals surface area contributed by atoms with Crippen LogP contribution in [0.1, 0.15) is 21.6 Å². The van der Waals surface area contributed by atoms with Gasteiger partial charge in [-0.25, -0.2) is 14.8 Å². The van der Waals surface area contributed by atoms with Crippen molar-refractivity contribution in [2.24, 2.45) is 0 Å². The van der Waals surface area contributed by atoms with Crippen LogP contribution >= 0.6 is 0 Å².